The zero-order valence-electron chi connectivity index (χ0n) is 13.0. The SMILES string of the molecule is Cc1nc(-c2ccccc2F)sc1CNC(=O)NCc1cccs1. The van der Waals surface area contributed by atoms with Crippen molar-refractivity contribution >= 4 is 28.7 Å². The predicted octanol–water partition coefficient (Wildman–Crippen LogP) is 4.32. The fourth-order valence-electron chi connectivity index (χ4n) is 2.15. The summed E-state index contributed by atoms with van der Waals surface area (Å²) in [5.41, 5.74) is 1.29. The summed E-state index contributed by atoms with van der Waals surface area (Å²) < 4.78 is 13.9. The van der Waals surface area contributed by atoms with Gasteiger partial charge in [-0.3, -0.25) is 0 Å². The van der Waals surface area contributed by atoms with Crippen molar-refractivity contribution in [2.24, 2.45) is 0 Å². The minimum atomic E-state index is -0.292. The molecule has 0 aliphatic rings. The van der Waals surface area contributed by atoms with Crippen LogP contribution in [0.15, 0.2) is 41.8 Å². The fraction of sp³-hybridized carbons (Fsp3) is 0.176. The smallest absolute Gasteiger partial charge is 0.315 e. The molecule has 2 aromatic heterocycles. The summed E-state index contributed by atoms with van der Waals surface area (Å²) in [4.78, 5) is 18.3. The van der Waals surface area contributed by atoms with E-state index in [0.29, 0.717) is 23.7 Å². The molecule has 0 radical (unpaired) electrons. The van der Waals surface area contributed by atoms with Gasteiger partial charge in [-0.1, -0.05) is 18.2 Å². The third-order valence-corrected chi connectivity index (χ3v) is 5.48. The molecule has 0 aliphatic heterocycles. The number of amides is 2. The molecule has 0 fully saturated rings. The number of aromatic nitrogens is 1. The Labute approximate surface area is 147 Å². The zero-order valence-corrected chi connectivity index (χ0v) is 14.6. The molecule has 0 bridgehead atoms. The van der Waals surface area contributed by atoms with Crippen LogP contribution in [0, 0.1) is 12.7 Å². The quantitative estimate of drug-likeness (QED) is 0.711. The maximum absolute atomic E-state index is 13.9. The standard InChI is InChI=1S/C17H16FN3OS2/c1-11-15(10-20-17(22)19-9-12-5-4-8-23-12)24-16(21-11)13-6-2-3-7-14(13)18/h2-8H,9-10H2,1H3,(H2,19,20,22). The van der Waals surface area contributed by atoms with Crippen LogP contribution in [0.25, 0.3) is 10.6 Å². The van der Waals surface area contributed by atoms with Gasteiger partial charge >= 0.3 is 6.03 Å². The molecule has 124 valence electrons. The van der Waals surface area contributed by atoms with Gasteiger partial charge in [0.05, 0.1) is 18.8 Å². The normalized spacial score (nSPS) is 10.6. The Kier molecular flexibility index (Phi) is 5.22. The van der Waals surface area contributed by atoms with Gasteiger partial charge < -0.3 is 10.6 Å². The molecule has 0 unspecified atom stereocenters. The van der Waals surface area contributed by atoms with E-state index in [1.54, 1.807) is 29.5 Å². The molecular formula is C17H16FN3OS2. The lowest BCUT2D eigenvalue weighted by Crippen LogP contribution is -2.34. The van der Waals surface area contributed by atoms with Crippen molar-refractivity contribution in [3.05, 3.63) is 63.0 Å². The van der Waals surface area contributed by atoms with Gasteiger partial charge in [0.1, 0.15) is 10.8 Å². The average Bonchev–Trinajstić information content (AvgIpc) is 3.21. The lowest BCUT2D eigenvalue weighted by molar-refractivity contribution is 0.240. The van der Waals surface area contributed by atoms with Crippen LogP contribution in [0.2, 0.25) is 0 Å². The van der Waals surface area contributed by atoms with Crippen molar-refractivity contribution in [1.82, 2.24) is 15.6 Å². The molecule has 0 saturated heterocycles. The number of nitrogens with one attached hydrogen (secondary N) is 2. The number of thiazole rings is 1. The molecule has 0 saturated carbocycles. The van der Waals surface area contributed by atoms with Crippen molar-refractivity contribution in [1.29, 1.82) is 0 Å². The van der Waals surface area contributed by atoms with Crippen LogP contribution in [0.1, 0.15) is 15.4 Å². The Morgan fingerprint density at radius 1 is 1.17 bits per heavy atom. The topological polar surface area (TPSA) is 54.0 Å². The Morgan fingerprint density at radius 2 is 1.96 bits per heavy atom. The van der Waals surface area contributed by atoms with E-state index in [9.17, 15) is 9.18 Å². The highest BCUT2D eigenvalue weighted by Crippen LogP contribution is 2.29. The third kappa shape index (κ3) is 3.98. The summed E-state index contributed by atoms with van der Waals surface area (Å²) in [6, 6.07) is 10.2. The molecule has 2 N–H and O–H groups in total. The maximum atomic E-state index is 13.9. The fourth-order valence-corrected chi connectivity index (χ4v) is 3.82. The van der Waals surface area contributed by atoms with Gasteiger partial charge in [0, 0.05) is 15.3 Å². The van der Waals surface area contributed by atoms with Crippen LogP contribution < -0.4 is 10.6 Å². The lowest BCUT2D eigenvalue weighted by atomic mass is 10.2. The van der Waals surface area contributed by atoms with E-state index in [4.69, 9.17) is 0 Å². The first-order chi connectivity index (χ1) is 11.6. The summed E-state index contributed by atoms with van der Waals surface area (Å²) in [5, 5.41) is 8.22. The molecule has 7 heteroatoms. The van der Waals surface area contributed by atoms with Gasteiger partial charge in [-0.2, -0.15) is 0 Å². The van der Waals surface area contributed by atoms with Crippen LogP contribution >= 0.6 is 22.7 Å². The van der Waals surface area contributed by atoms with E-state index >= 15 is 0 Å². The van der Waals surface area contributed by atoms with Crippen LogP contribution in [-0.2, 0) is 13.1 Å². The monoisotopic (exact) mass is 361 g/mol. The second-order valence-electron chi connectivity index (χ2n) is 5.12. The molecule has 2 heterocycles. The summed E-state index contributed by atoms with van der Waals surface area (Å²) in [7, 11) is 0. The van der Waals surface area contributed by atoms with Crippen molar-refractivity contribution in [3.8, 4) is 10.6 Å². The van der Waals surface area contributed by atoms with Crippen LogP contribution in [0.4, 0.5) is 9.18 Å². The van der Waals surface area contributed by atoms with Crippen molar-refractivity contribution in [3.63, 3.8) is 0 Å². The molecular weight excluding hydrogens is 345 g/mol. The summed E-state index contributed by atoms with van der Waals surface area (Å²) in [6.45, 7) is 2.74. The highest BCUT2D eigenvalue weighted by atomic mass is 32.1. The minimum Gasteiger partial charge on any atom is -0.333 e. The molecule has 0 spiro atoms. The van der Waals surface area contributed by atoms with Gasteiger partial charge in [0.2, 0.25) is 0 Å². The first-order valence-electron chi connectivity index (χ1n) is 7.39. The van der Waals surface area contributed by atoms with Gasteiger partial charge in [0.15, 0.2) is 0 Å². The number of urea groups is 1. The predicted molar refractivity (Wildman–Crippen MR) is 95.6 cm³/mol. The number of rotatable bonds is 5. The van der Waals surface area contributed by atoms with Crippen LogP contribution in [0.3, 0.4) is 0 Å². The minimum absolute atomic E-state index is 0.233. The number of carbonyl (C=O) groups is 1. The van der Waals surface area contributed by atoms with E-state index in [2.05, 4.69) is 15.6 Å². The number of benzene rings is 1. The van der Waals surface area contributed by atoms with E-state index < -0.39 is 0 Å². The summed E-state index contributed by atoms with van der Waals surface area (Å²) >= 11 is 2.99. The Morgan fingerprint density at radius 3 is 2.71 bits per heavy atom. The number of halogens is 1. The third-order valence-electron chi connectivity index (χ3n) is 3.41. The summed E-state index contributed by atoms with van der Waals surface area (Å²) in [5.74, 6) is -0.292. The first kappa shape index (κ1) is 16.6. The second-order valence-corrected chi connectivity index (χ2v) is 7.24. The Bertz CT molecular complexity index is 830. The molecule has 24 heavy (non-hydrogen) atoms. The van der Waals surface area contributed by atoms with E-state index in [1.165, 1.54) is 17.4 Å². The molecule has 0 atom stereocenters. The van der Waals surface area contributed by atoms with Gasteiger partial charge in [-0.15, -0.1) is 22.7 Å². The number of carbonyl (C=O) groups excluding carboxylic acids is 1. The number of nitrogens with zero attached hydrogens (tertiary/aromatic N) is 1. The lowest BCUT2D eigenvalue weighted by Gasteiger charge is -2.05. The Balaban J connectivity index is 1.59. The van der Waals surface area contributed by atoms with Crippen molar-refractivity contribution in [2.75, 3.05) is 0 Å². The van der Waals surface area contributed by atoms with E-state index in [-0.39, 0.29) is 11.8 Å². The summed E-state index contributed by atoms with van der Waals surface area (Å²) in [6.07, 6.45) is 0. The van der Waals surface area contributed by atoms with Gasteiger partial charge in [-0.05, 0) is 30.5 Å². The van der Waals surface area contributed by atoms with Crippen LogP contribution in [-0.4, -0.2) is 11.0 Å². The highest BCUT2D eigenvalue weighted by Gasteiger charge is 2.13. The number of aryl methyl sites for hydroxylation is 1. The van der Waals surface area contributed by atoms with E-state index in [1.807, 2.05) is 24.4 Å². The zero-order chi connectivity index (χ0) is 16.9. The molecule has 2 amide bonds. The number of thiophene rings is 1. The molecule has 3 aromatic rings. The van der Waals surface area contributed by atoms with Gasteiger partial charge in [0.25, 0.3) is 0 Å². The molecule has 0 aliphatic carbocycles. The highest BCUT2D eigenvalue weighted by molar-refractivity contribution is 7.15. The van der Waals surface area contributed by atoms with E-state index in [0.717, 1.165) is 15.4 Å². The molecule has 1 aromatic carbocycles. The molecule has 3 rings (SSSR count). The average molecular weight is 361 g/mol. The van der Waals surface area contributed by atoms with Gasteiger partial charge in [-0.25, -0.2) is 14.2 Å². The van der Waals surface area contributed by atoms with Crippen molar-refractivity contribution in [2.45, 2.75) is 20.0 Å². The number of hydrogen-bond acceptors (Lipinski definition) is 4. The first-order valence-corrected chi connectivity index (χ1v) is 9.08. The second kappa shape index (κ2) is 7.55. The number of hydrogen-bond donors (Lipinski definition) is 2. The largest absolute Gasteiger partial charge is 0.333 e. The maximum Gasteiger partial charge on any atom is 0.315 e. The molecule has 4 nitrogen and oxygen atoms in total. The van der Waals surface area contributed by atoms with Crippen molar-refractivity contribution < 1.29 is 9.18 Å². The van der Waals surface area contributed by atoms with Crippen LogP contribution in [0.5, 0.6) is 0 Å². The Hall–Kier alpha value is -2.25.